The lowest BCUT2D eigenvalue weighted by Gasteiger charge is -2.00. The monoisotopic (exact) mass is 207 g/mol. The number of halogens is 5. The van der Waals surface area contributed by atoms with Gasteiger partial charge in [-0.1, -0.05) is 13.3 Å². The van der Waals surface area contributed by atoms with E-state index in [-0.39, 0.29) is 19.0 Å². The Morgan fingerprint density at radius 2 is 1.83 bits per heavy atom. The maximum absolute atomic E-state index is 11.9. The van der Waals surface area contributed by atoms with Crippen LogP contribution < -0.4 is 0 Å². The zero-order valence-corrected chi connectivity index (χ0v) is 7.31. The number of rotatable bonds is 3. The van der Waals surface area contributed by atoms with Gasteiger partial charge in [-0.3, -0.25) is 4.99 Å². The smallest absolute Gasteiger partial charge is 0.254 e. The van der Waals surface area contributed by atoms with Crippen LogP contribution in [0, 0.1) is 0 Å². The van der Waals surface area contributed by atoms with Crippen molar-refractivity contribution in [3.05, 3.63) is 0 Å². The topological polar surface area (TPSA) is 12.4 Å². The van der Waals surface area contributed by atoms with Crippen LogP contribution in [0.1, 0.15) is 19.8 Å². The van der Waals surface area contributed by atoms with E-state index in [4.69, 9.17) is 0 Å². The lowest BCUT2D eigenvalue weighted by atomic mass is 10.3. The largest absolute Gasteiger partial charge is 0.461 e. The lowest BCUT2D eigenvalue weighted by Crippen LogP contribution is -2.18. The summed E-state index contributed by atoms with van der Waals surface area (Å²) in [6.07, 6.45) is -3.73. The van der Waals surface area contributed by atoms with E-state index in [9.17, 15) is 17.6 Å². The molecule has 0 unspecified atom stereocenters. The summed E-state index contributed by atoms with van der Waals surface area (Å²) in [6, 6.07) is 0. The van der Waals surface area contributed by atoms with Gasteiger partial charge in [-0.2, -0.15) is 17.6 Å². The van der Waals surface area contributed by atoms with E-state index in [2.05, 4.69) is 4.99 Å². The number of aliphatic imine (C=N–C) groups is 1. The summed E-state index contributed by atoms with van der Waals surface area (Å²) in [4.78, 5) is 2.71. The van der Waals surface area contributed by atoms with Crippen molar-refractivity contribution in [3.63, 3.8) is 0 Å². The minimum atomic E-state index is -4.91. The van der Waals surface area contributed by atoms with Crippen LogP contribution in [0.4, 0.5) is 17.6 Å². The van der Waals surface area contributed by atoms with Crippen molar-refractivity contribution in [2.24, 2.45) is 4.99 Å². The highest BCUT2D eigenvalue weighted by Gasteiger charge is 2.36. The van der Waals surface area contributed by atoms with Gasteiger partial charge < -0.3 is 0 Å². The summed E-state index contributed by atoms with van der Waals surface area (Å²) in [7, 11) is 0. The van der Waals surface area contributed by atoms with Crippen LogP contribution in [-0.2, 0) is 0 Å². The molecule has 12 heavy (non-hydrogen) atoms. The second-order valence-corrected chi connectivity index (χ2v) is 2.02. The standard InChI is InChI=1S/C6H9F4N.ClH/c1-2-3-4-11-5(7)6(8,9)10;/h2-4H2,1H3;1H. The Bertz CT molecular complexity index is 143. The first-order valence-electron chi connectivity index (χ1n) is 3.25. The molecule has 0 radical (unpaired) electrons. The van der Waals surface area contributed by atoms with Gasteiger partial charge in [-0.05, 0) is 6.42 Å². The summed E-state index contributed by atoms with van der Waals surface area (Å²) in [5.74, 6) is -2.23. The van der Waals surface area contributed by atoms with Crippen molar-refractivity contribution < 1.29 is 17.6 Å². The fourth-order valence-electron chi connectivity index (χ4n) is 0.425. The van der Waals surface area contributed by atoms with E-state index in [1.165, 1.54) is 0 Å². The fraction of sp³-hybridized carbons (Fsp3) is 0.833. The number of alkyl halides is 3. The Morgan fingerprint density at radius 1 is 1.33 bits per heavy atom. The molecule has 0 heterocycles. The first-order valence-corrected chi connectivity index (χ1v) is 3.25. The van der Waals surface area contributed by atoms with Gasteiger partial charge >= 0.3 is 6.18 Å². The number of hydrogen-bond acceptors (Lipinski definition) is 1. The third-order valence-corrected chi connectivity index (χ3v) is 0.996. The molecule has 0 rings (SSSR count). The Morgan fingerprint density at radius 3 is 2.17 bits per heavy atom. The van der Waals surface area contributed by atoms with Gasteiger partial charge in [0.1, 0.15) is 0 Å². The molecule has 6 heteroatoms. The predicted molar refractivity (Wildman–Crippen MR) is 41.6 cm³/mol. The first kappa shape index (κ1) is 14.2. The molecule has 0 amide bonds. The van der Waals surface area contributed by atoms with Crippen LogP contribution in [0.5, 0.6) is 0 Å². The third kappa shape index (κ3) is 6.39. The molecule has 0 aromatic carbocycles. The molecule has 0 saturated carbocycles. The average Bonchev–Trinajstić information content (AvgIpc) is 1.86. The zero-order valence-electron chi connectivity index (χ0n) is 6.49. The molecule has 1 nitrogen and oxygen atoms in total. The van der Waals surface area contributed by atoms with Gasteiger partial charge in [0.15, 0.2) is 0 Å². The molecule has 0 aliphatic heterocycles. The molecule has 0 N–H and O–H groups in total. The second kappa shape index (κ2) is 6.22. The van der Waals surface area contributed by atoms with Crippen LogP contribution in [-0.4, -0.2) is 18.7 Å². The number of unbranched alkanes of at least 4 members (excludes halogenated alkanes) is 1. The Kier molecular flexibility index (Phi) is 7.37. The van der Waals surface area contributed by atoms with Gasteiger partial charge in [0.05, 0.1) is 0 Å². The van der Waals surface area contributed by atoms with Crippen molar-refractivity contribution in [3.8, 4) is 0 Å². The molecule has 0 aliphatic rings. The van der Waals surface area contributed by atoms with E-state index in [0.717, 1.165) is 0 Å². The maximum atomic E-state index is 11.9. The predicted octanol–water partition coefficient (Wildman–Crippen LogP) is 3.14. The van der Waals surface area contributed by atoms with Gasteiger partial charge in [-0.25, -0.2) is 0 Å². The van der Waals surface area contributed by atoms with E-state index in [1.54, 1.807) is 6.92 Å². The van der Waals surface area contributed by atoms with Gasteiger partial charge in [0, 0.05) is 6.54 Å². The summed E-state index contributed by atoms with van der Waals surface area (Å²) >= 11 is 0. The molecular weight excluding hydrogens is 198 g/mol. The summed E-state index contributed by atoms with van der Waals surface area (Å²) in [5, 5.41) is 0. The average molecular weight is 208 g/mol. The maximum Gasteiger partial charge on any atom is 0.461 e. The normalized spacial score (nSPS) is 12.6. The van der Waals surface area contributed by atoms with E-state index in [1.807, 2.05) is 0 Å². The molecule has 0 fully saturated rings. The molecular formula is C6H10ClF4N. The van der Waals surface area contributed by atoms with Crippen LogP contribution in [0.25, 0.3) is 0 Å². The third-order valence-electron chi connectivity index (χ3n) is 0.996. The molecule has 0 aliphatic carbocycles. The Labute approximate surface area is 74.3 Å². The minimum Gasteiger partial charge on any atom is -0.254 e. The molecule has 0 aromatic heterocycles. The molecule has 0 saturated heterocycles. The van der Waals surface area contributed by atoms with Gasteiger partial charge in [-0.15, -0.1) is 12.4 Å². The fourth-order valence-corrected chi connectivity index (χ4v) is 0.425. The Balaban J connectivity index is 0. The lowest BCUT2D eigenvalue weighted by molar-refractivity contribution is -0.0675. The molecule has 74 valence electrons. The summed E-state index contributed by atoms with van der Waals surface area (Å²) in [5.41, 5.74) is 0. The highest BCUT2D eigenvalue weighted by Crippen LogP contribution is 2.17. The molecule has 0 spiro atoms. The first-order chi connectivity index (χ1) is 4.98. The van der Waals surface area contributed by atoms with E-state index >= 15 is 0 Å². The van der Waals surface area contributed by atoms with Crippen LogP contribution in [0.2, 0.25) is 0 Å². The van der Waals surface area contributed by atoms with Crippen molar-refractivity contribution in [2.75, 3.05) is 6.54 Å². The summed E-state index contributed by atoms with van der Waals surface area (Å²) < 4.78 is 46.0. The Hall–Kier alpha value is -0.320. The van der Waals surface area contributed by atoms with Gasteiger partial charge in [0.2, 0.25) is 0 Å². The second-order valence-electron chi connectivity index (χ2n) is 2.02. The van der Waals surface area contributed by atoms with Crippen molar-refractivity contribution in [1.82, 2.24) is 0 Å². The van der Waals surface area contributed by atoms with Crippen LogP contribution in [0.3, 0.4) is 0 Å². The minimum absolute atomic E-state index is 0. The molecule has 0 atom stereocenters. The van der Waals surface area contributed by atoms with Crippen molar-refractivity contribution in [2.45, 2.75) is 25.9 Å². The van der Waals surface area contributed by atoms with Crippen molar-refractivity contribution >= 4 is 18.4 Å². The highest BCUT2D eigenvalue weighted by atomic mass is 35.5. The molecule has 0 bridgehead atoms. The zero-order chi connectivity index (χ0) is 8.91. The van der Waals surface area contributed by atoms with Gasteiger partial charge in [0.25, 0.3) is 5.97 Å². The van der Waals surface area contributed by atoms with Crippen LogP contribution >= 0.6 is 12.4 Å². The van der Waals surface area contributed by atoms with E-state index in [0.29, 0.717) is 12.8 Å². The molecule has 0 aromatic rings. The van der Waals surface area contributed by atoms with E-state index < -0.39 is 12.1 Å². The SMILES string of the molecule is CCCCN=C(F)C(F)(F)F.Cl. The quantitative estimate of drug-likeness (QED) is 0.383. The number of nitrogens with zero attached hydrogens (tertiary/aromatic N) is 1. The highest BCUT2D eigenvalue weighted by molar-refractivity contribution is 5.85. The van der Waals surface area contributed by atoms with Crippen LogP contribution in [0.15, 0.2) is 4.99 Å². The number of hydrogen-bond donors (Lipinski definition) is 0. The summed E-state index contributed by atoms with van der Waals surface area (Å²) in [6.45, 7) is 1.70. The van der Waals surface area contributed by atoms with Crippen molar-refractivity contribution in [1.29, 1.82) is 0 Å².